The van der Waals surface area contributed by atoms with Crippen molar-refractivity contribution in [2.24, 2.45) is 0 Å². The van der Waals surface area contributed by atoms with Crippen molar-refractivity contribution in [1.82, 2.24) is 5.32 Å². The molecule has 1 heterocycles. The summed E-state index contributed by atoms with van der Waals surface area (Å²) < 4.78 is 5.86. The van der Waals surface area contributed by atoms with Crippen LogP contribution >= 0.6 is 0 Å². The normalized spacial score (nSPS) is 14.6. The number of carbonyl (C=O) groups is 3. The van der Waals surface area contributed by atoms with Gasteiger partial charge in [-0.25, -0.2) is 0 Å². The van der Waals surface area contributed by atoms with Crippen LogP contribution in [-0.4, -0.2) is 41.6 Å². The summed E-state index contributed by atoms with van der Waals surface area (Å²) in [6.45, 7) is 6.45. The number of carbonyl (C=O) groups excluding carboxylic acids is 2. The number of aryl methyl sites for hydroxylation is 1. The molecule has 1 aliphatic rings. The summed E-state index contributed by atoms with van der Waals surface area (Å²) in [6.07, 6.45) is 8.77. The van der Waals surface area contributed by atoms with Crippen LogP contribution in [0.1, 0.15) is 83.6 Å². The number of ether oxygens (including phenoxy) is 1. The van der Waals surface area contributed by atoms with Crippen LogP contribution in [0.15, 0.2) is 18.2 Å². The Balaban J connectivity index is 1.63. The number of rotatable bonds is 14. The highest BCUT2D eigenvalue weighted by Gasteiger charge is 2.40. The van der Waals surface area contributed by atoms with Crippen molar-refractivity contribution in [1.29, 1.82) is 0 Å². The fraction of sp³-hybridized carbons (Fsp3) is 0.640. The maximum Gasteiger partial charge on any atom is 0.303 e. The highest BCUT2D eigenvalue weighted by Crippen LogP contribution is 2.38. The van der Waals surface area contributed by atoms with Crippen LogP contribution in [0.2, 0.25) is 0 Å². The molecule has 0 aliphatic carbocycles. The second kappa shape index (κ2) is 12.5. The monoisotopic (exact) mass is 446 g/mol. The zero-order chi connectivity index (χ0) is 23.6. The third kappa shape index (κ3) is 8.17. The minimum atomic E-state index is -0.949. The number of benzene rings is 1. The van der Waals surface area contributed by atoms with E-state index in [-0.39, 0.29) is 24.7 Å². The summed E-state index contributed by atoms with van der Waals surface area (Å²) in [5, 5.41) is 11.6. The first-order valence-electron chi connectivity index (χ1n) is 11.8. The van der Waals surface area contributed by atoms with Crippen LogP contribution in [0.5, 0.6) is 5.75 Å². The van der Waals surface area contributed by atoms with Crippen LogP contribution in [0.3, 0.4) is 0 Å². The molecule has 0 fully saturated rings. The van der Waals surface area contributed by atoms with Crippen molar-refractivity contribution in [3.05, 3.63) is 23.8 Å². The van der Waals surface area contributed by atoms with Crippen molar-refractivity contribution >= 4 is 23.5 Å². The molecule has 0 spiro atoms. The molecule has 0 unspecified atom stereocenters. The topological polar surface area (TPSA) is 95.9 Å². The van der Waals surface area contributed by atoms with E-state index >= 15 is 0 Å². The zero-order valence-corrected chi connectivity index (χ0v) is 19.7. The van der Waals surface area contributed by atoms with Gasteiger partial charge in [0.25, 0.3) is 5.91 Å². The molecular weight excluding hydrogens is 408 g/mol. The number of anilines is 1. The molecule has 2 rings (SSSR count). The molecule has 0 bridgehead atoms. The molecular formula is C25H38N2O5. The second-order valence-electron chi connectivity index (χ2n) is 9.11. The van der Waals surface area contributed by atoms with Crippen LogP contribution in [0.4, 0.5) is 5.69 Å². The minimum absolute atomic E-state index is 0.0465. The Bertz CT molecular complexity index is 791. The standard InChI is InChI=1S/C25H38N2O5/c1-19-13-14-21-20(18-19)27(24(31)25(2,3)32-21)17-15-22(28)26-16-11-9-7-5-4-6-8-10-12-23(29)30/h13-14,18H,4-12,15-17H2,1-3H3,(H,26,28)(H,29,30). The molecule has 2 amide bonds. The third-order valence-electron chi connectivity index (χ3n) is 5.73. The molecule has 1 aromatic rings. The van der Waals surface area contributed by atoms with Crippen LogP contribution in [-0.2, 0) is 14.4 Å². The quantitative estimate of drug-likeness (QED) is 0.407. The minimum Gasteiger partial charge on any atom is -0.481 e. The average molecular weight is 447 g/mol. The van der Waals surface area contributed by atoms with E-state index in [0.717, 1.165) is 62.6 Å². The molecule has 32 heavy (non-hydrogen) atoms. The van der Waals surface area contributed by atoms with Gasteiger partial charge in [0.1, 0.15) is 5.75 Å². The van der Waals surface area contributed by atoms with Gasteiger partial charge in [-0.3, -0.25) is 14.4 Å². The lowest BCUT2D eigenvalue weighted by Crippen LogP contribution is -2.53. The fourth-order valence-electron chi connectivity index (χ4n) is 3.89. The summed E-state index contributed by atoms with van der Waals surface area (Å²) in [5.74, 6) is -0.226. The van der Waals surface area contributed by atoms with Crippen molar-refractivity contribution in [2.45, 2.75) is 90.6 Å². The number of amides is 2. The van der Waals surface area contributed by atoms with Gasteiger partial charge in [-0.05, 0) is 51.3 Å². The molecule has 0 saturated heterocycles. The maximum atomic E-state index is 12.9. The summed E-state index contributed by atoms with van der Waals surface area (Å²) in [4.78, 5) is 37.3. The number of hydrogen-bond donors (Lipinski definition) is 2. The molecule has 0 atom stereocenters. The van der Waals surface area contributed by atoms with Gasteiger partial charge in [0.05, 0.1) is 5.69 Å². The van der Waals surface area contributed by atoms with Crippen molar-refractivity contribution in [3.63, 3.8) is 0 Å². The van der Waals surface area contributed by atoms with Gasteiger partial charge in [-0.1, -0.05) is 44.6 Å². The van der Waals surface area contributed by atoms with Gasteiger partial charge in [0, 0.05) is 25.9 Å². The molecule has 1 aliphatic heterocycles. The lowest BCUT2D eigenvalue weighted by atomic mass is 10.0. The summed E-state index contributed by atoms with van der Waals surface area (Å²) in [5.41, 5.74) is 0.814. The molecule has 0 radical (unpaired) electrons. The Morgan fingerprint density at radius 1 is 1.00 bits per heavy atom. The van der Waals surface area contributed by atoms with Gasteiger partial charge in [0.2, 0.25) is 5.91 Å². The summed E-state index contributed by atoms with van der Waals surface area (Å²) in [7, 11) is 0. The fourth-order valence-corrected chi connectivity index (χ4v) is 3.89. The molecule has 1 aromatic carbocycles. The number of nitrogens with one attached hydrogen (secondary N) is 1. The highest BCUT2D eigenvalue weighted by atomic mass is 16.5. The van der Waals surface area contributed by atoms with E-state index in [1.165, 1.54) is 0 Å². The van der Waals surface area contributed by atoms with Crippen LogP contribution < -0.4 is 15.0 Å². The van der Waals surface area contributed by atoms with E-state index in [1.807, 2.05) is 25.1 Å². The van der Waals surface area contributed by atoms with Crippen LogP contribution in [0.25, 0.3) is 0 Å². The first-order valence-corrected chi connectivity index (χ1v) is 11.8. The predicted octanol–water partition coefficient (Wildman–Crippen LogP) is 4.60. The van der Waals surface area contributed by atoms with Gasteiger partial charge < -0.3 is 20.1 Å². The predicted molar refractivity (Wildman–Crippen MR) is 125 cm³/mol. The Morgan fingerprint density at radius 3 is 2.28 bits per heavy atom. The molecule has 2 N–H and O–H groups in total. The number of carboxylic acids is 1. The van der Waals surface area contributed by atoms with E-state index in [1.54, 1.807) is 18.7 Å². The van der Waals surface area contributed by atoms with E-state index in [4.69, 9.17) is 9.84 Å². The van der Waals surface area contributed by atoms with Gasteiger partial charge in [-0.2, -0.15) is 0 Å². The Morgan fingerprint density at radius 2 is 1.62 bits per heavy atom. The van der Waals surface area contributed by atoms with Crippen molar-refractivity contribution < 1.29 is 24.2 Å². The van der Waals surface area contributed by atoms with Gasteiger partial charge in [0.15, 0.2) is 5.60 Å². The molecule has 0 saturated carbocycles. The Hall–Kier alpha value is -2.57. The number of aliphatic carboxylic acids is 1. The molecule has 0 aromatic heterocycles. The second-order valence-corrected chi connectivity index (χ2v) is 9.11. The number of unbranched alkanes of at least 4 members (excludes halogenated alkanes) is 7. The van der Waals surface area contributed by atoms with Gasteiger partial charge >= 0.3 is 5.97 Å². The van der Waals surface area contributed by atoms with E-state index in [9.17, 15) is 14.4 Å². The maximum absolute atomic E-state index is 12.9. The van der Waals surface area contributed by atoms with Gasteiger partial charge in [-0.15, -0.1) is 0 Å². The third-order valence-corrected chi connectivity index (χ3v) is 5.73. The summed E-state index contributed by atoms with van der Waals surface area (Å²) in [6, 6.07) is 5.75. The lowest BCUT2D eigenvalue weighted by molar-refractivity contribution is -0.137. The SMILES string of the molecule is Cc1ccc2c(c1)N(CCC(=O)NCCCCCCCCCCC(=O)O)C(=O)C(C)(C)O2. The van der Waals surface area contributed by atoms with Crippen molar-refractivity contribution in [2.75, 3.05) is 18.0 Å². The largest absolute Gasteiger partial charge is 0.481 e. The van der Waals surface area contributed by atoms with Crippen LogP contribution in [0, 0.1) is 6.92 Å². The van der Waals surface area contributed by atoms with E-state index in [0.29, 0.717) is 18.8 Å². The van der Waals surface area contributed by atoms with E-state index < -0.39 is 11.6 Å². The average Bonchev–Trinajstić information content (AvgIpc) is 2.72. The zero-order valence-electron chi connectivity index (χ0n) is 19.7. The lowest BCUT2D eigenvalue weighted by Gasteiger charge is -2.38. The summed E-state index contributed by atoms with van der Waals surface area (Å²) >= 11 is 0. The molecule has 7 heteroatoms. The number of nitrogens with zero attached hydrogens (tertiary/aromatic N) is 1. The number of carboxylic acid groups (broad SMARTS) is 1. The molecule has 7 nitrogen and oxygen atoms in total. The Labute approximate surface area is 191 Å². The first-order chi connectivity index (χ1) is 15.2. The molecule has 178 valence electrons. The number of hydrogen-bond acceptors (Lipinski definition) is 4. The Kier molecular flexibility index (Phi) is 10.0. The smallest absolute Gasteiger partial charge is 0.303 e. The number of fused-ring (bicyclic) bond motifs is 1. The highest BCUT2D eigenvalue weighted by molar-refractivity contribution is 6.02. The first kappa shape index (κ1) is 25.7. The van der Waals surface area contributed by atoms with E-state index in [2.05, 4.69) is 5.32 Å². The van der Waals surface area contributed by atoms with Crippen molar-refractivity contribution in [3.8, 4) is 5.75 Å².